The predicted octanol–water partition coefficient (Wildman–Crippen LogP) is -1.32. The number of rotatable bonds is 0. The number of nitrogens with one attached hydrogen (secondary N) is 1. The van der Waals surface area contributed by atoms with Gasteiger partial charge in [-0.15, -0.1) is 0 Å². The van der Waals surface area contributed by atoms with E-state index >= 15 is 0 Å². The van der Waals surface area contributed by atoms with Crippen molar-refractivity contribution in [3.05, 3.63) is 0 Å². The van der Waals surface area contributed by atoms with Crippen LogP contribution < -0.4 is 11.2 Å². The largest absolute Gasteiger partial charge is 0.345 e. The number of carbonyl (C=O) groups excluding carboxylic acids is 1. The average molecular weight is 133 g/mol. The number of hydrogen-bond acceptors (Lipinski definition) is 2. The molecule has 1 rings (SSSR count). The summed E-state index contributed by atoms with van der Waals surface area (Å²) in [6.07, 6.45) is 0. The van der Waals surface area contributed by atoms with E-state index in [-0.39, 0.29) is 11.9 Å². The number of hydrogen-bond donors (Lipinski definition) is 2. The molecule has 1 unspecified atom stereocenters. The van der Waals surface area contributed by atoms with Gasteiger partial charge in [0.1, 0.15) is 6.61 Å². The summed E-state index contributed by atoms with van der Waals surface area (Å²) in [5.41, 5.74) is 5.65. The van der Waals surface area contributed by atoms with Gasteiger partial charge in [0.15, 0.2) is 6.04 Å². The third kappa shape index (κ3) is 2.43. The summed E-state index contributed by atoms with van der Waals surface area (Å²) in [6.45, 7) is 4.40. The second-order valence-corrected chi connectivity index (χ2v) is 1.47. The Balaban J connectivity index is 0.000000291. The Morgan fingerprint density at radius 3 is 2.44 bits per heavy atom. The first-order chi connectivity index (χ1) is 4.30. The lowest BCUT2D eigenvalue weighted by atomic mass is 10.3. The fourth-order valence-corrected chi connectivity index (χ4v) is 0.372. The highest BCUT2D eigenvalue weighted by Crippen LogP contribution is 1.84. The minimum Gasteiger partial charge on any atom is -0.345 e. The third-order valence-electron chi connectivity index (χ3n) is 0.828. The maximum absolute atomic E-state index is 10.3. The average Bonchev–Trinajstić information content (AvgIpc) is 2.23. The van der Waals surface area contributed by atoms with Crippen LogP contribution in [0.5, 0.6) is 0 Å². The van der Waals surface area contributed by atoms with E-state index in [0.29, 0.717) is 6.61 Å². The molecule has 4 heteroatoms. The summed E-state index contributed by atoms with van der Waals surface area (Å²) in [5.74, 6) is -0.125. The summed E-state index contributed by atoms with van der Waals surface area (Å²) in [4.78, 5) is 14.8. The molecular weight excluding hydrogens is 120 g/mol. The van der Waals surface area contributed by atoms with Gasteiger partial charge < -0.3 is 5.73 Å². The molecule has 0 spiro atoms. The van der Waals surface area contributed by atoms with Gasteiger partial charge in [-0.2, -0.15) is 0 Å². The monoisotopic (exact) mass is 133 g/mol. The van der Waals surface area contributed by atoms with E-state index in [1.165, 1.54) is 0 Å². The van der Waals surface area contributed by atoms with Crippen LogP contribution in [-0.2, 0) is 9.63 Å². The minimum atomic E-state index is -0.208. The Morgan fingerprint density at radius 2 is 2.33 bits per heavy atom. The van der Waals surface area contributed by atoms with Crippen molar-refractivity contribution in [1.29, 1.82) is 0 Å². The lowest BCUT2D eigenvalue weighted by molar-refractivity contribution is -0.402. The Bertz CT molecular complexity index is 95.0. The van der Waals surface area contributed by atoms with Crippen molar-refractivity contribution in [2.45, 2.75) is 19.9 Å². The topological polar surface area (TPSA) is 66.0 Å². The summed E-state index contributed by atoms with van der Waals surface area (Å²) in [6, 6.07) is -0.208. The molecule has 1 amide bonds. The zero-order valence-corrected chi connectivity index (χ0v) is 5.81. The normalized spacial score (nSPS) is 24.3. The lowest BCUT2D eigenvalue weighted by Gasteiger charge is -1.83. The maximum atomic E-state index is 10.3. The predicted molar refractivity (Wildman–Crippen MR) is 32.1 cm³/mol. The standard InChI is InChI=1S/C3H6N2O2.C2H6/c4-2-1-7-5-3(2)6;1-2/h2H,1,4H2,(H,5,6);1-2H3/p+1. The van der Waals surface area contributed by atoms with Gasteiger partial charge >= 0.3 is 5.91 Å². The van der Waals surface area contributed by atoms with Crippen molar-refractivity contribution in [2.24, 2.45) is 0 Å². The van der Waals surface area contributed by atoms with E-state index < -0.39 is 0 Å². The molecule has 1 saturated heterocycles. The maximum Gasteiger partial charge on any atom is 0.304 e. The van der Waals surface area contributed by atoms with E-state index in [4.69, 9.17) is 0 Å². The van der Waals surface area contributed by atoms with Gasteiger partial charge in [0.25, 0.3) is 0 Å². The Hall–Kier alpha value is -0.610. The van der Waals surface area contributed by atoms with Crippen LogP contribution in [0.4, 0.5) is 0 Å². The van der Waals surface area contributed by atoms with Crippen molar-refractivity contribution in [3.8, 4) is 0 Å². The first-order valence-corrected chi connectivity index (χ1v) is 3.05. The third-order valence-corrected chi connectivity index (χ3v) is 0.828. The highest BCUT2D eigenvalue weighted by molar-refractivity contribution is 5.80. The van der Waals surface area contributed by atoms with Crippen molar-refractivity contribution in [1.82, 2.24) is 5.48 Å². The van der Waals surface area contributed by atoms with E-state index in [2.05, 4.69) is 16.1 Å². The Morgan fingerprint density at radius 1 is 1.78 bits per heavy atom. The smallest absolute Gasteiger partial charge is 0.304 e. The first kappa shape index (κ1) is 8.39. The highest BCUT2D eigenvalue weighted by atomic mass is 16.7. The highest BCUT2D eigenvalue weighted by Gasteiger charge is 2.23. The van der Waals surface area contributed by atoms with Crippen molar-refractivity contribution in [3.63, 3.8) is 0 Å². The van der Waals surface area contributed by atoms with Gasteiger partial charge in [0.05, 0.1) is 0 Å². The van der Waals surface area contributed by atoms with E-state index in [1.807, 2.05) is 13.8 Å². The van der Waals surface area contributed by atoms with Gasteiger partial charge in [-0.1, -0.05) is 13.8 Å². The number of amides is 1. The van der Waals surface area contributed by atoms with Crippen LogP contribution in [0.25, 0.3) is 0 Å². The van der Waals surface area contributed by atoms with Gasteiger partial charge in [0.2, 0.25) is 0 Å². The molecule has 4 nitrogen and oxygen atoms in total. The zero-order chi connectivity index (χ0) is 7.28. The van der Waals surface area contributed by atoms with Crippen LogP contribution in [0.2, 0.25) is 0 Å². The molecule has 4 N–H and O–H groups in total. The van der Waals surface area contributed by atoms with Crippen LogP contribution in [0.3, 0.4) is 0 Å². The molecule has 0 bridgehead atoms. The quantitative estimate of drug-likeness (QED) is 0.430. The fourth-order valence-electron chi connectivity index (χ4n) is 0.372. The summed E-state index contributed by atoms with van der Waals surface area (Å²) in [7, 11) is 0. The van der Waals surface area contributed by atoms with E-state index in [1.54, 1.807) is 0 Å². The van der Waals surface area contributed by atoms with Gasteiger partial charge in [-0.05, 0) is 0 Å². The van der Waals surface area contributed by atoms with Crippen LogP contribution >= 0.6 is 0 Å². The van der Waals surface area contributed by atoms with Crippen LogP contribution in [0, 0.1) is 0 Å². The summed E-state index contributed by atoms with van der Waals surface area (Å²) in [5, 5.41) is 0. The molecular formula is C5H13N2O2+. The van der Waals surface area contributed by atoms with Crippen molar-refractivity contribution in [2.75, 3.05) is 6.61 Å². The number of hydroxylamine groups is 1. The van der Waals surface area contributed by atoms with Gasteiger partial charge in [-0.3, -0.25) is 9.63 Å². The molecule has 1 aliphatic rings. The molecule has 0 aromatic rings. The molecule has 0 aromatic carbocycles. The second-order valence-electron chi connectivity index (χ2n) is 1.47. The van der Waals surface area contributed by atoms with Gasteiger partial charge in [0, 0.05) is 0 Å². The Kier molecular flexibility index (Phi) is 4.00. The molecule has 0 aliphatic carbocycles. The van der Waals surface area contributed by atoms with Crippen LogP contribution in [-0.4, -0.2) is 18.6 Å². The zero-order valence-electron chi connectivity index (χ0n) is 5.81. The molecule has 1 heterocycles. The SMILES string of the molecule is CC.[NH3+]C1CONC1=O. The fraction of sp³-hybridized carbons (Fsp3) is 0.800. The molecule has 1 aliphatic heterocycles. The number of quaternary nitrogens is 1. The van der Waals surface area contributed by atoms with E-state index in [9.17, 15) is 4.79 Å². The first-order valence-electron chi connectivity index (χ1n) is 3.05. The van der Waals surface area contributed by atoms with Crippen molar-refractivity contribution < 1.29 is 15.4 Å². The minimum absolute atomic E-state index is 0.125. The molecule has 54 valence electrons. The number of carbonyl (C=O) groups is 1. The molecule has 0 radical (unpaired) electrons. The molecule has 0 aromatic heterocycles. The summed E-state index contributed by atoms with van der Waals surface area (Å²) >= 11 is 0. The molecule has 9 heavy (non-hydrogen) atoms. The lowest BCUT2D eigenvalue weighted by Crippen LogP contribution is -2.65. The molecule has 1 atom stereocenters. The second kappa shape index (κ2) is 4.29. The van der Waals surface area contributed by atoms with E-state index in [0.717, 1.165) is 0 Å². The van der Waals surface area contributed by atoms with Gasteiger partial charge in [-0.25, -0.2) is 5.48 Å². The summed E-state index contributed by atoms with van der Waals surface area (Å²) < 4.78 is 0. The van der Waals surface area contributed by atoms with Crippen molar-refractivity contribution >= 4 is 5.91 Å². The van der Waals surface area contributed by atoms with Crippen LogP contribution in [0.15, 0.2) is 0 Å². The Labute approximate surface area is 54.3 Å². The molecule has 0 saturated carbocycles. The molecule has 1 fully saturated rings. The van der Waals surface area contributed by atoms with Crippen LogP contribution in [0.1, 0.15) is 13.8 Å².